The quantitative estimate of drug-likeness (QED) is 0.827. The van der Waals surface area contributed by atoms with Crippen molar-refractivity contribution in [2.75, 3.05) is 20.3 Å². The lowest BCUT2D eigenvalue weighted by molar-refractivity contribution is -0.142. The van der Waals surface area contributed by atoms with Crippen molar-refractivity contribution >= 4 is 11.9 Å². The Morgan fingerprint density at radius 2 is 2.18 bits per heavy atom. The van der Waals surface area contributed by atoms with Crippen molar-refractivity contribution in [1.29, 1.82) is 0 Å². The van der Waals surface area contributed by atoms with E-state index in [0.717, 1.165) is 17.5 Å². The van der Waals surface area contributed by atoms with Gasteiger partial charge in [0.15, 0.2) is 6.10 Å². The van der Waals surface area contributed by atoms with Gasteiger partial charge in [-0.1, -0.05) is 24.3 Å². The Hall–Kier alpha value is -1.92. The average Bonchev–Trinajstić information content (AvgIpc) is 2.45. The fourth-order valence-electron chi connectivity index (χ4n) is 2.76. The highest BCUT2D eigenvalue weighted by atomic mass is 16.5. The third kappa shape index (κ3) is 3.84. The van der Waals surface area contributed by atoms with Crippen molar-refractivity contribution in [3.05, 3.63) is 35.4 Å². The molecule has 22 heavy (non-hydrogen) atoms. The Morgan fingerprint density at radius 3 is 2.86 bits per heavy atom. The van der Waals surface area contributed by atoms with Crippen LogP contribution >= 0.6 is 0 Å². The maximum absolute atomic E-state index is 12.5. The summed E-state index contributed by atoms with van der Waals surface area (Å²) in [6.07, 6.45) is -0.166. The second-order valence-corrected chi connectivity index (χ2v) is 5.75. The molecule has 1 aliphatic heterocycles. The van der Waals surface area contributed by atoms with E-state index in [1.807, 2.05) is 24.3 Å². The SMILES string of the molecule is COCC(C)(CC(=O)O)NC(=O)C1OCCc2ccccc21. The number of nitrogens with one attached hydrogen (secondary N) is 1. The minimum absolute atomic E-state index is 0.111. The highest BCUT2D eigenvalue weighted by Crippen LogP contribution is 2.27. The summed E-state index contributed by atoms with van der Waals surface area (Å²) >= 11 is 0. The van der Waals surface area contributed by atoms with Crippen LogP contribution in [0.25, 0.3) is 0 Å². The van der Waals surface area contributed by atoms with Gasteiger partial charge < -0.3 is 19.9 Å². The van der Waals surface area contributed by atoms with E-state index in [1.165, 1.54) is 7.11 Å². The first-order valence-electron chi connectivity index (χ1n) is 7.17. The molecular formula is C16H21NO5. The topological polar surface area (TPSA) is 84.9 Å². The molecule has 1 aromatic carbocycles. The second kappa shape index (κ2) is 6.89. The number of benzene rings is 1. The molecular weight excluding hydrogens is 286 g/mol. The molecule has 2 rings (SSSR count). The van der Waals surface area contributed by atoms with Gasteiger partial charge in [0.25, 0.3) is 5.91 Å². The summed E-state index contributed by atoms with van der Waals surface area (Å²) in [7, 11) is 1.47. The van der Waals surface area contributed by atoms with Gasteiger partial charge in [0.05, 0.1) is 25.2 Å². The van der Waals surface area contributed by atoms with Gasteiger partial charge in [-0.2, -0.15) is 0 Å². The highest BCUT2D eigenvalue weighted by molar-refractivity contribution is 5.84. The van der Waals surface area contributed by atoms with E-state index < -0.39 is 17.6 Å². The van der Waals surface area contributed by atoms with E-state index >= 15 is 0 Å². The fourth-order valence-corrected chi connectivity index (χ4v) is 2.76. The molecule has 0 saturated carbocycles. The minimum atomic E-state index is -0.996. The third-order valence-corrected chi connectivity index (χ3v) is 3.66. The van der Waals surface area contributed by atoms with Crippen molar-refractivity contribution in [1.82, 2.24) is 5.32 Å². The van der Waals surface area contributed by atoms with Crippen molar-refractivity contribution in [3.63, 3.8) is 0 Å². The van der Waals surface area contributed by atoms with Crippen LogP contribution in [0.3, 0.4) is 0 Å². The number of methoxy groups -OCH3 is 1. The zero-order chi connectivity index (χ0) is 16.2. The van der Waals surface area contributed by atoms with Crippen LogP contribution in [0.1, 0.15) is 30.6 Å². The van der Waals surface area contributed by atoms with Gasteiger partial charge in [0.2, 0.25) is 0 Å². The molecule has 0 aliphatic carbocycles. The molecule has 2 atom stereocenters. The lowest BCUT2D eigenvalue weighted by Gasteiger charge is -2.32. The predicted molar refractivity (Wildman–Crippen MR) is 79.5 cm³/mol. The normalized spacial score (nSPS) is 19.8. The van der Waals surface area contributed by atoms with E-state index in [4.69, 9.17) is 14.6 Å². The van der Waals surface area contributed by atoms with Crippen LogP contribution in [0.5, 0.6) is 0 Å². The monoisotopic (exact) mass is 307 g/mol. The molecule has 1 aliphatic rings. The number of ether oxygens (including phenoxy) is 2. The van der Waals surface area contributed by atoms with E-state index in [-0.39, 0.29) is 18.9 Å². The first kappa shape index (κ1) is 16.5. The molecule has 1 aromatic rings. The molecule has 2 N–H and O–H groups in total. The molecule has 0 fully saturated rings. The summed E-state index contributed by atoms with van der Waals surface area (Å²) in [5.74, 6) is -1.34. The van der Waals surface area contributed by atoms with Crippen LogP contribution in [0.4, 0.5) is 0 Å². The number of rotatable bonds is 6. The van der Waals surface area contributed by atoms with Crippen LogP contribution in [0, 0.1) is 0 Å². The van der Waals surface area contributed by atoms with Crippen molar-refractivity contribution in [2.24, 2.45) is 0 Å². The Labute approximate surface area is 129 Å². The Kier molecular flexibility index (Phi) is 5.15. The second-order valence-electron chi connectivity index (χ2n) is 5.75. The molecule has 1 heterocycles. The maximum Gasteiger partial charge on any atom is 0.305 e. The molecule has 6 nitrogen and oxygen atoms in total. The molecule has 120 valence electrons. The maximum atomic E-state index is 12.5. The Bertz CT molecular complexity index is 559. The van der Waals surface area contributed by atoms with Gasteiger partial charge in [-0.15, -0.1) is 0 Å². The lowest BCUT2D eigenvalue weighted by Crippen LogP contribution is -2.52. The van der Waals surface area contributed by atoms with Crippen LogP contribution < -0.4 is 5.32 Å². The fraction of sp³-hybridized carbons (Fsp3) is 0.500. The van der Waals surface area contributed by atoms with Gasteiger partial charge in [0, 0.05) is 7.11 Å². The predicted octanol–water partition coefficient (Wildman–Crippen LogP) is 1.30. The Morgan fingerprint density at radius 1 is 1.45 bits per heavy atom. The molecule has 0 saturated heterocycles. The number of carboxylic acid groups (broad SMARTS) is 1. The zero-order valence-electron chi connectivity index (χ0n) is 12.8. The molecule has 0 bridgehead atoms. The largest absolute Gasteiger partial charge is 0.481 e. The van der Waals surface area contributed by atoms with Crippen LogP contribution in [-0.2, 0) is 25.5 Å². The molecule has 6 heteroatoms. The molecule has 0 spiro atoms. The van der Waals surface area contributed by atoms with Gasteiger partial charge in [-0.25, -0.2) is 0 Å². The first-order valence-corrected chi connectivity index (χ1v) is 7.17. The number of carbonyl (C=O) groups excluding carboxylic acids is 1. The smallest absolute Gasteiger partial charge is 0.305 e. The van der Waals surface area contributed by atoms with Gasteiger partial charge >= 0.3 is 5.97 Å². The Balaban J connectivity index is 2.16. The van der Waals surface area contributed by atoms with Gasteiger partial charge in [-0.3, -0.25) is 9.59 Å². The molecule has 0 aromatic heterocycles. The molecule has 1 amide bonds. The summed E-state index contributed by atoms with van der Waals surface area (Å²) < 4.78 is 10.6. The molecule has 2 unspecified atom stereocenters. The summed E-state index contributed by atoms with van der Waals surface area (Å²) in [5, 5.41) is 11.8. The minimum Gasteiger partial charge on any atom is -0.481 e. The number of carboxylic acids is 1. The van der Waals surface area contributed by atoms with Crippen molar-refractivity contribution < 1.29 is 24.2 Å². The van der Waals surface area contributed by atoms with Crippen molar-refractivity contribution in [3.8, 4) is 0 Å². The first-order chi connectivity index (χ1) is 10.4. The number of hydrogen-bond donors (Lipinski definition) is 2. The van der Waals surface area contributed by atoms with Crippen LogP contribution in [0.15, 0.2) is 24.3 Å². The van der Waals surface area contributed by atoms with Crippen LogP contribution in [-0.4, -0.2) is 42.8 Å². The summed E-state index contributed by atoms with van der Waals surface area (Å²) in [4.78, 5) is 23.6. The number of fused-ring (bicyclic) bond motifs is 1. The average molecular weight is 307 g/mol. The van der Waals surface area contributed by atoms with E-state index in [9.17, 15) is 9.59 Å². The molecule has 0 radical (unpaired) electrons. The van der Waals surface area contributed by atoms with Gasteiger partial charge in [0.1, 0.15) is 0 Å². The van der Waals surface area contributed by atoms with E-state index in [1.54, 1.807) is 6.92 Å². The number of hydrogen-bond acceptors (Lipinski definition) is 4. The van der Waals surface area contributed by atoms with E-state index in [2.05, 4.69) is 5.32 Å². The number of carbonyl (C=O) groups is 2. The van der Waals surface area contributed by atoms with Gasteiger partial charge in [-0.05, 0) is 24.5 Å². The highest BCUT2D eigenvalue weighted by Gasteiger charge is 2.34. The summed E-state index contributed by atoms with van der Waals surface area (Å²) in [5.41, 5.74) is 0.940. The number of amides is 1. The summed E-state index contributed by atoms with van der Waals surface area (Å²) in [6, 6.07) is 7.63. The number of aliphatic carboxylic acids is 1. The standard InChI is InChI=1S/C16H21NO5/c1-16(10-21-2,9-13(18)19)17-15(20)14-12-6-4-3-5-11(12)7-8-22-14/h3-6,14H,7-10H2,1-2H3,(H,17,20)(H,18,19). The lowest BCUT2D eigenvalue weighted by atomic mass is 9.94. The zero-order valence-corrected chi connectivity index (χ0v) is 12.8. The van der Waals surface area contributed by atoms with Crippen LogP contribution in [0.2, 0.25) is 0 Å². The van der Waals surface area contributed by atoms with E-state index in [0.29, 0.717) is 6.61 Å². The summed E-state index contributed by atoms with van der Waals surface area (Å²) in [6.45, 7) is 2.23. The third-order valence-electron chi connectivity index (χ3n) is 3.66. The van der Waals surface area contributed by atoms with Crippen molar-refractivity contribution in [2.45, 2.75) is 31.4 Å².